The van der Waals surface area contributed by atoms with Crippen molar-refractivity contribution in [2.24, 2.45) is 0 Å². The SMILES string of the molecule is CCCCC1(C)CC(C)(C)c2cc3c(cc21)nc1c2ccccc2nc(C(C)(C)C)n31. The van der Waals surface area contributed by atoms with E-state index in [0.717, 1.165) is 27.9 Å². The Morgan fingerprint density at radius 1 is 0.968 bits per heavy atom. The number of nitrogens with zero attached hydrogens (tertiary/aromatic N) is 3. The van der Waals surface area contributed by atoms with E-state index in [1.54, 1.807) is 0 Å². The van der Waals surface area contributed by atoms with E-state index >= 15 is 0 Å². The van der Waals surface area contributed by atoms with Crippen molar-refractivity contribution in [3.63, 3.8) is 0 Å². The third-order valence-electron chi connectivity index (χ3n) is 7.34. The first-order chi connectivity index (χ1) is 14.5. The van der Waals surface area contributed by atoms with Crippen molar-refractivity contribution in [1.29, 1.82) is 0 Å². The second kappa shape index (κ2) is 6.54. The summed E-state index contributed by atoms with van der Waals surface area (Å²) < 4.78 is 2.33. The largest absolute Gasteiger partial charge is 0.279 e. The molecule has 0 radical (unpaired) electrons. The van der Waals surface area contributed by atoms with Gasteiger partial charge in [-0.2, -0.15) is 0 Å². The molecule has 1 unspecified atom stereocenters. The van der Waals surface area contributed by atoms with Gasteiger partial charge in [0.25, 0.3) is 0 Å². The van der Waals surface area contributed by atoms with Crippen LogP contribution in [0.2, 0.25) is 0 Å². The lowest BCUT2D eigenvalue weighted by Gasteiger charge is -2.27. The zero-order valence-corrected chi connectivity index (χ0v) is 20.1. The Morgan fingerprint density at radius 3 is 2.42 bits per heavy atom. The van der Waals surface area contributed by atoms with E-state index in [1.807, 2.05) is 0 Å². The van der Waals surface area contributed by atoms with Crippen molar-refractivity contribution in [2.75, 3.05) is 0 Å². The van der Waals surface area contributed by atoms with Crippen LogP contribution in [0.15, 0.2) is 36.4 Å². The van der Waals surface area contributed by atoms with Crippen molar-refractivity contribution in [3.8, 4) is 0 Å². The highest BCUT2D eigenvalue weighted by Gasteiger charge is 2.44. The molecule has 2 aromatic heterocycles. The standard InChI is InChI=1S/C28H35N3/c1-8-9-14-28(7)17-27(5,6)19-16-23-22(15-20(19)28)29-24-18-12-10-11-13-21(18)30-25(31(23)24)26(2,3)4/h10-13,15-16H,8-9,14,17H2,1-7H3. The molecule has 3 heteroatoms. The molecule has 0 bridgehead atoms. The molecule has 5 rings (SSSR count). The summed E-state index contributed by atoms with van der Waals surface area (Å²) in [6, 6.07) is 13.3. The van der Waals surface area contributed by atoms with Gasteiger partial charge in [-0.1, -0.05) is 73.4 Å². The fraction of sp³-hybridized carbons (Fsp3) is 0.500. The molecule has 4 aromatic rings. The molecule has 0 amide bonds. The number of para-hydroxylation sites is 1. The molecule has 0 aliphatic heterocycles. The van der Waals surface area contributed by atoms with Gasteiger partial charge in [0.15, 0.2) is 0 Å². The van der Waals surface area contributed by atoms with Gasteiger partial charge in [0.05, 0.1) is 16.6 Å². The molecular weight excluding hydrogens is 378 g/mol. The molecule has 0 saturated heterocycles. The van der Waals surface area contributed by atoms with Crippen LogP contribution in [-0.2, 0) is 16.2 Å². The van der Waals surface area contributed by atoms with E-state index in [0.29, 0.717) is 0 Å². The maximum absolute atomic E-state index is 5.21. The van der Waals surface area contributed by atoms with Gasteiger partial charge in [0.1, 0.15) is 11.5 Å². The number of aromatic nitrogens is 3. The van der Waals surface area contributed by atoms with E-state index in [-0.39, 0.29) is 16.2 Å². The molecular formula is C28H35N3. The second-order valence-corrected chi connectivity index (χ2v) is 11.6. The maximum Gasteiger partial charge on any atom is 0.148 e. The van der Waals surface area contributed by atoms with Crippen LogP contribution in [0.3, 0.4) is 0 Å². The molecule has 162 valence electrons. The third-order valence-corrected chi connectivity index (χ3v) is 7.34. The molecule has 2 aromatic carbocycles. The van der Waals surface area contributed by atoms with E-state index in [4.69, 9.17) is 9.97 Å². The van der Waals surface area contributed by atoms with Crippen LogP contribution in [0.1, 0.15) is 91.1 Å². The van der Waals surface area contributed by atoms with Gasteiger partial charge in [-0.3, -0.25) is 4.40 Å². The van der Waals surface area contributed by atoms with Crippen LogP contribution < -0.4 is 0 Å². The number of hydrogen-bond donors (Lipinski definition) is 0. The average molecular weight is 414 g/mol. The molecule has 1 aliphatic rings. The van der Waals surface area contributed by atoms with Crippen LogP contribution in [0.5, 0.6) is 0 Å². The maximum atomic E-state index is 5.21. The highest BCUT2D eigenvalue weighted by molar-refractivity contribution is 5.97. The Balaban J connectivity index is 1.89. The van der Waals surface area contributed by atoms with Gasteiger partial charge < -0.3 is 0 Å². The molecule has 0 fully saturated rings. The van der Waals surface area contributed by atoms with E-state index in [9.17, 15) is 0 Å². The molecule has 3 nitrogen and oxygen atoms in total. The van der Waals surface area contributed by atoms with E-state index < -0.39 is 0 Å². The summed E-state index contributed by atoms with van der Waals surface area (Å²) in [5, 5.41) is 1.12. The quantitative estimate of drug-likeness (QED) is 0.349. The van der Waals surface area contributed by atoms with Gasteiger partial charge in [-0.25, -0.2) is 9.97 Å². The fourth-order valence-electron chi connectivity index (χ4n) is 5.96. The average Bonchev–Trinajstić information content (AvgIpc) is 3.17. The Hall–Kier alpha value is -2.42. The van der Waals surface area contributed by atoms with Crippen LogP contribution in [-0.4, -0.2) is 14.4 Å². The van der Waals surface area contributed by atoms with E-state index in [1.165, 1.54) is 42.3 Å². The molecule has 0 saturated carbocycles. The summed E-state index contributed by atoms with van der Waals surface area (Å²) in [6.45, 7) is 16.3. The minimum atomic E-state index is -0.0833. The topological polar surface area (TPSA) is 30.2 Å². The predicted molar refractivity (Wildman–Crippen MR) is 131 cm³/mol. The van der Waals surface area contributed by atoms with Crippen LogP contribution in [0, 0.1) is 0 Å². The molecule has 1 atom stereocenters. The van der Waals surface area contributed by atoms with Gasteiger partial charge in [-0.15, -0.1) is 0 Å². The summed E-state index contributed by atoms with van der Waals surface area (Å²) in [5.41, 5.74) is 7.67. The monoisotopic (exact) mass is 413 g/mol. The second-order valence-electron chi connectivity index (χ2n) is 11.6. The summed E-state index contributed by atoms with van der Waals surface area (Å²) >= 11 is 0. The number of unbranched alkanes of at least 4 members (excludes halogenated alkanes) is 1. The normalized spacial score (nSPS) is 20.7. The first kappa shape index (κ1) is 20.5. The van der Waals surface area contributed by atoms with Crippen molar-refractivity contribution >= 4 is 27.6 Å². The predicted octanol–water partition coefficient (Wildman–Crippen LogP) is 7.46. The highest BCUT2D eigenvalue weighted by Crippen LogP contribution is 2.53. The Morgan fingerprint density at radius 2 is 1.71 bits per heavy atom. The molecule has 0 spiro atoms. The summed E-state index contributed by atoms with van der Waals surface area (Å²) in [5.74, 6) is 1.08. The lowest BCUT2D eigenvalue weighted by atomic mass is 9.77. The Kier molecular flexibility index (Phi) is 4.32. The zero-order chi connectivity index (χ0) is 22.2. The van der Waals surface area contributed by atoms with Crippen molar-refractivity contribution in [1.82, 2.24) is 14.4 Å². The number of hydrogen-bond acceptors (Lipinski definition) is 2. The minimum Gasteiger partial charge on any atom is -0.279 e. The minimum absolute atomic E-state index is 0.0833. The van der Waals surface area contributed by atoms with Gasteiger partial charge in [0, 0.05) is 10.8 Å². The zero-order valence-electron chi connectivity index (χ0n) is 20.1. The smallest absolute Gasteiger partial charge is 0.148 e. The molecule has 1 aliphatic carbocycles. The number of fused-ring (bicyclic) bond motifs is 6. The molecule has 2 heterocycles. The van der Waals surface area contributed by atoms with Crippen molar-refractivity contribution in [2.45, 2.75) is 90.4 Å². The summed E-state index contributed by atoms with van der Waals surface area (Å²) in [7, 11) is 0. The lowest BCUT2D eigenvalue weighted by molar-refractivity contribution is 0.347. The number of benzene rings is 2. The Labute approximate surface area is 185 Å². The molecule has 0 N–H and O–H groups in total. The fourth-order valence-corrected chi connectivity index (χ4v) is 5.96. The Bertz CT molecular complexity index is 1320. The first-order valence-electron chi connectivity index (χ1n) is 11.8. The van der Waals surface area contributed by atoms with Gasteiger partial charge >= 0.3 is 0 Å². The summed E-state index contributed by atoms with van der Waals surface area (Å²) in [4.78, 5) is 10.3. The number of imidazole rings is 1. The first-order valence-corrected chi connectivity index (χ1v) is 11.8. The van der Waals surface area contributed by atoms with Crippen molar-refractivity contribution in [3.05, 3.63) is 53.3 Å². The van der Waals surface area contributed by atoms with Gasteiger partial charge in [0.2, 0.25) is 0 Å². The van der Waals surface area contributed by atoms with Crippen LogP contribution in [0.4, 0.5) is 0 Å². The van der Waals surface area contributed by atoms with Crippen molar-refractivity contribution < 1.29 is 0 Å². The highest BCUT2D eigenvalue weighted by atomic mass is 15.1. The summed E-state index contributed by atoms with van der Waals surface area (Å²) in [6.07, 6.45) is 4.97. The van der Waals surface area contributed by atoms with Crippen LogP contribution >= 0.6 is 0 Å². The van der Waals surface area contributed by atoms with E-state index in [2.05, 4.69) is 89.3 Å². The third kappa shape index (κ3) is 3.00. The van der Waals surface area contributed by atoms with Gasteiger partial charge in [-0.05, 0) is 59.1 Å². The lowest BCUT2D eigenvalue weighted by Crippen LogP contribution is -2.21. The molecule has 31 heavy (non-hydrogen) atoms. The number of rotatable bonds is 3. The van der Waals surface area contributed by atoms with Crippen LogP contribution in [0.25, 0.3) is 27.6 Å².